The smallest absolute Gasteiger partial charge is 0.251 e. The van der Waals surface area contributed by atoms with E-state index in [-0.39, 0.29) is 6.53 Å². The van der Waals surface area contributed by atoms with Gasteiger partial charge in [-0.3, -0.25) is 5.26 Å². The van der Waals surface area contributed by atoms with Crippen LogP contribution < -0.4 is 0 Å². The fourth-order valence-corrected chi connectivity index (χ4v) is 1.43. The number of hydrogen-bond donors (Lipinski definition) is 1. The minimum Gasteiger partial charge on any atom is -0.251 e. The van der Waals surface area contributed by atoms with Crippen LogP contribution in [0.2, 0.25) is 0 Å². The lowest BCUT2D eigenvalue weighted by Crippen LogP contribution is -2.02. The summed E-state index contributed by atoms with van der Waals surface area (Å²) < 4.78 is 21.3. The van der Waals surface area contributed by atoms with E-state index in [2.05, 4.69) is 19.1 Å². The van der Waals surface area contributed by atoms with Gasteiger partial charge in [-0.05, 0) is 29.5 Å². The van der Waals surface area contributed by atoms with Gasteiger partial charge >= 0.3 is 0 Å². The Hall–Kier alpha value is -1.12. The van der Waals surface area contributed by atoms with Crippen molar-refractivity contribution in [2.45, 2.75) is 32.8 Å². The molecule has 0 aliphatic rings. The highest BCUT2D eigenvalue weighted by molar-refractivity contribution is 5.29. The SMILES string of the molecule is [2H]OOC(C(C)=C([2H])[2H])c1ccc(C(C)C)cc1. The van der Waals surface area contributed by atoms with Gasteiger partial charge < -0.3 is 0 Å². The van der Waals surface area contributed by atoms with Gasteiger partial charge in [-0.25, -0.2) is 4.89 Å². The summed E-state index contributed by atoms with van der Waals surface area (Å²) in [5.74, 6) is 0.436. The maximum Gasteiger partial charge on any atom is 0.255 e. The van der Waals surface area contributed by atoms with E-state index in [0.717, 1.165) is 5.56 Å². The number of benzene rings is 1. The molecule has 1 unspecified atom stereocenters. The van der Waals surface area contributed by atoms with Crippen molar-refractivity contribution in [2.24, 2.45) is 0 Å². The van der Waals surface area contributed by atoms with Gasteiger partial charge in [0, 0.05) is 0 Å². The minimum atomic E-state index is -0.686. The van der Waals surface area contributed by atoms with Crippen LogP contribution in [-0.2, 0) is 4.89 Å². The molecule has 0 amide bonds. The lowest BCUT2D eigenvalue weighted by Gasteiger charge is -2.14. The van der Waals surface area contributed by atoms with Crippen LogP contribution >= 0.6 is 0 Å². The predicted octanol–water partition coefficient (Wildman–Crippen LogP) is 3.92. The molecule has 0 aromatic heterocycles. The van der Waals surface area contributed by atoms with Crippen LogP contribution in [-0.4, -0.2) is 5.26 Å². The molecule has 0 fully saturated rings. The topological polar surface area (TPSA) is 29.5 Å². The van der Waals surface area contributed by atoms with Crippen molar-refractivity contribution in [3.05, 3.63) is 47.5 Å². The molecule has 82 valence electrons. The molecule has 0 aliphatic heterocycles. The highest BCUT2D eigenvalue weighted by atomic mass is 17.1. The van der Waals surface area contributed by atoms with Gasteiger partial charge in [0.15, 0.2) is 0 Å². The summed E-state index contributed by atoms with van der Waals surface area (Å²) in [4.78, 5) is 4.82. The maximum absolute atomic E-state index is 7.30. The Morgan fingerprint density at radius 2 is 2.00 bits per heavy atom. The highest BCUT2D eigenvalue weighted by Gasteiger charge is 2.12. The van der Waals surface area contributed by atoms with Crippen molar-refractivity contribution in [2.75, 3.05) is 0 Å². The van der Waals surface area contributed by atoms with E-state index < -0.39 is 6.10 Å². The zero-order valence-electron chi connectivity index (χ0n) is 12.3. The summed E-state index contributed by atoms with van der Waals surface area (Å²) in [7, 11) is 0. The molecule has 1 rings (SSSR count). The number of rotatable bonds is 5. The van der Waals surface area contributed by atoms with Gasteiger partial charge in [-0.2, -0.15) is 0 Å². The van der Waals surface area contributed by atoms with Crippen molar-refractivity contribution in [1.29, 1.82) is 1.43 Å². The first-order valence-electron chi connectivity index (χ1n) is 6.40. The zero-order valence-corrected chi connectivity index (χ0v) is 9.28. The third-order valence-electron chi connectivity index (χ3n) is 2.40. The van der Waals surface area contributed by atoms with Gasteiger partial charge in [0.25, 0.3) is 1.43 Å². The van der Waals surface area contributed by atoms with Crippen LogP contribution in [0.15, 0.2) is 36.4 Å². The molecule has 1 aromatic carbocycles. The Morgan fingerprint density at radius 1 is 1.40 bits per heavy atom. The Labute approximate surface area is 95.4 Å². The summed E-state index contributed by atoms with van der Waals surface area (Å²) >= 11 is 0. The molecule has 0 bridgehead atoms. The van der Waals surface area contributed by atoms with Crippen LogP contribution in [0.25, 0.3) is 1.43 Å². The van der Waals surface area contributed by atoms with E-state index in [1.165, 1.54) is 5.56 Å². The average molecular weight is 209 g/mol. The number of hydrogen-bond acceptors (Lipinski definition) is 2. The van der Waals surface area contributed by atoms with Crippen molar-refractivity contribution < 1.29 is 12.9 Å². The largest absolute Gasteiger partial charge is 0.255 e. The molecule has 0 aliphatic carbocycles. The first-order valence-corrected chi connectivity index (χ1v) is 4.99. The first-order chi connectivity index (χ1) is 8.47. The normalized spacial score (nSPS) is 15.3. The second-order valence-electron chi connectivity index (χ2n) is 3.98. The Bertz CT molecular complexity index is 409. The summed E-state index contributed by atoms with van der Waals surface area (Å²) in [6, 6.07) is 7.68. The maximum atomic E-state index is 7.30. The zero-order chi connectivity index (χ0) is 13.7. The molecule has 0 radical (unpaired) electrons. The van der Waals surface area contributed by atoms with Crippen LogP contribution in [0.4, 0.5) is 0 Å². The second kappa shape index (κ2) is 5.10. The molecule has 0 saturated carbocycles. The monoisotopic (exact) mass is 209 g/mol. The Kier molecular flexibility index (Phi) is 2.75. The average Bonchev–Trinajstić information content (AvgIpc) is 2.35. The Morgan fingerprint density at radius 3 is 2.47 bits per heavy atom. The summed E-state index contributed by atoms with van der Waals surface area (Å²) in [6.45, 7) is 5.50. The van der Waals surface area contributed by atoms with E-state index in [4.69, 9.17) is 9.06 Å². The van der Waals surface area contributed by atoms with Gasteiger partial charge in [-0.15, -0.1) is 0 Å². The summed E-state index contributed by atoms with van der Waals surface area (Å²) in [5, 5.41) is 3.96. The molecule has 2 heteroatoms. The van der Waals surface area contributed by atoms with Crippen LogP contribution in [0.3, 0.4) is 0 Å². The summed E-state index contributed by atoms with van der Waals surface area (Å²) in [6.07, 6.45) is -0.686. The van der Waals surface area contributed by atoms with Crippen molar-refractivity contribution >= 4 is 0 Å². The van der Waals surface area contributed by atoms with Crippen LogP contribution in [0, 0.1) is 0 Å². The molecule has 0 spiro atoms. The molecular formula is C13H18O2. The molecular weight excluding hydrogens is 188 g/mol. The molecule has 0 saturated heterocycles. The van der Waals surface area contributed by atoms with Crippen LogP contribution in [0.1, 0.15) is 46.7 Å². The third kappa shape index (κ3) is 2.91. The standard InChI is InChI=1S/C13H18O2/c1-9(2)11-5-7-12(8-6-11)13(15-14)10(3)4/h5-9,13-14H,3H2,1-2,4H3/i3D2/hD. The molecule has 2 nitrogen and oxygen atoms in total. The van der Waals surface area contributed by atoms with Gasteiger partial charge in [0.1, 0.15) is 6.10 Å². The van der Waals surface area contributed by atoms with E-state index in [0.29, 0.717) is 11.5 Å². The van der Waals surface area contributed by atoms with E-state index in [1.807, 2.05) is 24.3 Å². The van der Waals surface area contributed by atoms with Crippen LogP contribution in [0.5, 0.6) is 0 Å². The predicted molar refractivity (Wildman–Crippen MR) is 61.8 cm³/mol. The van der Waals surface area contributed by atoms with E-state index >= 15 is 0 Å². The second-order valence-corrected chi connectivity index (χ2v) is 3.98. The third-order valence-corrected chi connectivity index (χ3v) is 2.40. The lowest BCUT2D eigenvalue weighted by molar-refractivity contribution is -0.271. The quantitative estimate of drug-likeness (QED) is 0.452. The molecule has 1 N–H and O–H groups in total. The summed E-state index contributed by atoms with van der Waals surface area (Å²) in [5.41, 5.74) is 2.36. The fraction of sp³-hybridized carbons (Fsp3) is 0.385. The van der Waals surface area contributed by atoms with Gasteiger partial charge in [0.2, 0.25) is 0 Å². The van der Waals surface area contributed by atoms with E-state index in [1.54, 1.807) is 6.92 Å². The Balaban J connectivity index is 3.03. The molecule has 1 atom stereocenters. The lowest BCUT2D eigenvalue weighted by atomic mass is 9.98. The first kappa shape index (κ1) is 8.08. The molecule has 1 aromatic rings. The van der Waals surface area contributed by atoms with Crippen molar-refractivity contribution in [3.63, 3.8) is 0 Å². The van der Waals surface area contributed by atoms with Crippen molar-refractivity contribution in [1.82, 2.24) is 0 Å². The van der Waals surface area contributed by atoms with Crippen molar-refractivity contribution in [3.8, 4) is 0 Å². The fourth-order valence-electron chi connectivity index (χ4n) is 1.43. The highest BCUT2D eigenvalue weighted by Crippen LogP contribution is 2.25. The van der Waals surface area contributed by atoms with Gasteiger partial charge in [0.05, 0.1) is 2.74 Å². The minimum absolute atomic E-state index is 0.329. The molecule has 0 heterocycles. The van der Waals surface area contributed by atoms with E-state index in [9.17, 15) is 0 Å². The molecule has 15 heavy (non-hydrogen) atoms. The van der Waals surface area contributed by atoms with Gasteiger partial charge in [-0.1, -0.05) is 44.6 Å².